The number of rotatable bonds is 2. The van der Waals surface area contributed by atoms with E-state index in [1.54, 1.807) is 4.68 Å². The van der Waals surface area contributed by atoms with Gasteiger partial charge in [-0.25, -0.2) is 0 Å². The summed E-state index contributed by atoms with van der Waals surface area (Å²) in [5.41, 5.74) is 2.21. The molecule has 1 aromatic heterocycles. The van der Waals surface area contributed by atoms with Gasteiger partial charge in [-0.15, -0.1) is 0 Å². The molecule has 1 aliphatic heterocycles. The van der Waals surface area contributed by atoms with Gasteiger partial charge in [-0.05, 0) is 13.0 Å². The number of nitrogens with one attached hydrogen (secondary N) is 1. The zero-order chi connectivity index (χ0) is 10.3. The molecule has 2 rings (SSSR count). The minimum absolute atomic E-state index is 0.165. The van der Waals surface area contributed by atoms with E-state index in [2.05, 4.69) is 23.8 Å². The second-order valence-electron chi connectivity index (χ2n) is 4.55. The molecule has 4 nitrogen and oxygen atoms in total. The van der Waals surface area contributed by atoms with E-state index < -0.39 is 0 Å². The fourth-order valence-corrected chi connectivity index (χ4v) is 1.96. The van der Waals surface area contributed by atoms with Crippen LogP contribution in [0.15, 0.2) is 4.79 Å². The van der Waals surface area contributed by atoms with Crippen LogP contribution in [0.4, 0.5) is 0 Å². The van der Waals surface area contributed by atoms with E-state index in [1.807, 2.05) is 7.05 Å². The van der Waals surface area contributed by atoms with Crippen molar-refractivity contribution in [1.82, 2.24) is 14.7 Å². The highest BCUT2D eigenvalue weighted by molar-refractivity contribution is 5.21. The molecule has 1 aromatic rings. The third kappa shape index (κ3) is 1.50. The van der Waals surface area contributed by atoms with Gasteiger partial charge in [0.2, 0.25) is 0 Å². The van der Waals surface area contributed by atoms with Crippen molar-refractivity contribution in [3.8, 4) is 0 Å². The molecule has 4 heteroatoms. The van der Waals surface area contributed by atoms with Crippen molar-refractivity contribution in [3.63, 3.8) is 0 Å². The molecular formula is C10H17N3O. The van der Waals surface area contributed by atoms with Crippen LogP contribution in [0.3, 0.4) is 0 Å². The number of fused-ring (bicyclic) bond motifs is 1. The Morgan fingerprint density at radius 2 is 2.14 bits per heavy atom. The summed E-state index contributed by atoms with van der Waals surface area (Å²) in [6, 6.07) is 0. The van der Waals surface area contributed by atoms with Gasteiger partial charge in [0.05, 0.1) is 11.3 Å². The highest BCUT2D eigenvalue weighted by atomic mass is 16.1. The Morgan fingerprint density at radius 3 is 2.71 bits per heavy atom. The minimum atomic E-state index is 0.165. The molecule has 2 heterocycles. The molecule has 0 fully saturated rings. The molecule has 78 valence electrons. The molecule has 0 amide bonds. The standard InChI is InChI=1S/C10H17N3O/c1-7(2)4-13-10(14)8-5-12(3)6-9(8)11-13/h7,11H,4-6H2,1-3H3. The SMILES string of the molecule is CC(C)Cn1[nH]c2c(c1=O)CN(C)C2. The van der Waals surface area contributed by atoms with Crippen LogP contribution in [0.25, 0.3) is 0 Å². The fraction of sp³-hybridized carbons (Fsp3) is 0.700. The number of hydrogen-bond acceptors (Lipinski definition) is 2. The minimum Gasteiger partial charge on any atom is -0.298 e. The first-order chi connectivity index (χ1) is 6.58. The second kappa shape index (κ2) is 3.28. The maximum atomic E-state index is 11.8. The number of H-pyrrole nitrogens is 1. The van der Waals surface area contributed by atoms with Crippen molar-refractivity contribution >= 4 is 0 Å². The molecule has 0 aliphatic carbocycles. The van der Waals surface area contributed by atoms with Crippen LogP contribution in [0.5, 0.6) is 0 Å². The predicted molar refractivity (Wildman–Crippen MR) is 55.1 cm³/mol. The quantitative estimate of drug-likeness (QED) is 0.757. The number of aromatic nitrogens is 2. The summed E-state index contributed by atoms with van der Waals surface area (Å²) in [5.74, 6) is 0.504. The molecule has 0 aromatic carbocycles. The van der Waals surface area contributed by atoms with E-state index >= 15 is 0 Å². The van der Waals surface area contributed by atoms with Crippen LogP contribution >= 0.6 is 0 Å². The van der Waals surface area contributed by atoms with Crippen LogP contribution in [0.2, 0.25) is 0 Å². The van der Waals surface area contributed by atoms with Gasteiger partial charge in [-0.2, -0.15) is 0 Å². The van der Waals surface area contributed by atoms with Gasteiger partial charge in [0.1, 0.15) is 0 Å². The smallest absolute Gasteiger partial charge is 0.271 e. The number of nitrogens with zero attached hydrogens (tertiary/aromatic N) is 2. The summed E-state index contributed by atoms with van der Waals surface area (Å²) in [6.07, 6.45) is 0. The fourth-order valence-electron chi connectivity index (χ4n) is 1.96. The lowest BCUT2D eigenvalue weighted by molar-refractivity contribution is 0.341. The van der Waals surface area contributed by atoms with Crippen molar-refractivity contribution in [2.45, 2.75) is 33.5 Å². The van der Waals surface area contributed by atoms with Crippen molar-refractivity contribution < 1.29 is 0 Å². The van der Waals surface area contributed by atoms with Crippen molar-refractivity contribution in [2.24, 2.45) is 5.92 Å². The monoisotopic (exact) mass is 195 g/mol. The van der Waals surface area contributed by atoms with Gasteiger partial charge < -0.3 is 0 Å². The van der Waals surface area contributed by atoms with Gasteiger partial charge in [-0.3, -0.25) is 19.5 Å². The normalized spacial score (nSPS) is 16.6. The van der Waals surface area contributed by atoms with Crippen LogP contribution in [-0.4, -0.2) is 21.7 Å². The molecule has 0 saturated heterocycles. The molecule has 0 bridgehead atoms. The first kappa shape index (κ1) is 9.52. The average Bonchev–Trinajstić information content (AvgIpc) is 2.53. The van der Waals surface area contributed by atoms with Crippen molar-refractivity contribution in [1.29, 1.82) is 0 Å². The number of aromatic amines is 1. The topological polar surface area (TPSA) is 41.0 Å². The first-order valence-electron chi connectivity index (χ1n) is 5.07. The lowest BCUT2D eigenvalue weighted by Crippen LogP contribution is -2.23. The summed E-state index contributed by atoms with van der Waals surface area (Å²) >= 11 is 0. The van der Waals surface area contributed by atoms with E-state index in [1.165, 1.54) is 0 Å². The molecule has 14 heavy (non-hydrogen) atoms. The van der Waals surface area contributed by atoms with Crippen LogP contribution in [0.1, 0.15) is 25.1 Å². The van der Waals surface area contributed by atoms with Gasteiger partial charge in [0.25, 0.3) is 5.56 Å². The molecule has 0 spiro atoms. The Labute approximate surface area is 83.5 Å². The first-order valence-corrected chi connectivity index (χ1v) is 5.07. The number of hydrogen-bond donors (Lipinski definition) is 1. The summed E-state index contributed by atoms with van der Waals surface area (Å²) in [4.78, 5) is 14.0. The Balaban J connectivity index is 2.31. The third-order valence-corrected chi connectivity index (χ3v) is 2.54. The Bertz CT molecular complexity index is 389. The maximum absolute atomic E-state index is 11.8. The molecule has 0 unspecified atom stereocenters. The second-order valence-corrected chi connectivity index (χ2v) is 4.55. The zero-order valence-corrected chi connectivity index (χ0v) is 9.00. The van der Waals surface area contributed by atoms with Crippen molar-refractivity contribution in [2.75, 3.05) is 7.05 Å². The summed E-state index contributed by atoms with van der Waals surface area (Å²) in [5, 5.41) is 3.19. The molecule has 1 aliphatic rings. The lowest BCUT2D eigenvalue weighted by atomic mass is 10.2. The van der Waals surface area contributed by atoms with Crippen molar-refractivity contribution in [3.05, 3.63) is 21.6 Å². The van der Waals surface area contributed by atoms with Crippen LogP contribution in [0, 0.1) is 5.92 Å². The Hall–Kier alpha value is -1.03. The van der Waals surface area contributed by atoms with Gasteiger partial charge >= 0.3 is 0 Å². The molecule has 1 N–H and O–H groups in total. The van der Waals surface area contributed by atoms with E-state index in [9.17, 15) is 4.79 Å². The lowest BCUT2D eigenvalue weighted by Gasteiger charge is -2.08. The van der Waals surface area contributed by atoms with E-state index in [4.69, 9.17) is 0 Å². The predicted octanol–water partition coefficient (Wildman–Crippen LogP) is 0.778. The highest BCUT2D eigenvalue weighted by Gasteiger charge is 2.22. The van der Waals surface area contributed by atoms with E-state index in [0.717, 1.165) is 30.9 Å². The largest absolute Gasteiger partial charge is 0.298 e. The third-order valence-electron chi connectivity index (χ3n) is 2.54. The Kier molecular flexibility index (Phi) is 2.23. The Morgan fingerprint density at radius 1 is 1.43 bits per heavy atom. The summed E-state index contributed by atoms with van der Waals surface area (Å²) < 4.78 is 1.74. The van der Waals surface area contributed by atoms with Crippen LogP contribution in [-0.2, 0) is 19.6 Å². The summed E-state index contributed by atoms with van der Waals surface area (Å²) in [6.45, 7) is 6.68. The molecule has 0 radical (unpaired) electrons. The molecular weight excluding hydrogens is 178 g/mol. The van der Waals surface area contributed by atoms with Crippen LogP contribution < -0.4 is 5.56 Å². The average molecular weight is 195 g/mol. The van der Waals surface area contributed by atoms with Gasteiger partial charge in [-0.1, -0.05) is 13.8 Å². The zero-order valence-electron chi connectivity index (χ0n) is 9.00. The van der Waals surface area contributed by atoms with E-state index in [-0.39, 0.29) is 5.56 Å². The van der Waals surface area contributed by atoms with Gasteiger partial charge in [0, 0.05) is 19.6 Å². The molecule has 0 saturated carbocycles. The van der Waals surface area contributed by atoms with Gasteiger partial charge in [0.15, 0.2) is 0 Å². The summed E-state index contributed by atoms with van der Waals surface area (Å²) in [7, 11) is 2.03. The van der Waals surface area contributed by atoms with E-state index in [0.29, 0.717) is 5.92 Å². The molecule has 0 atom stereocenters. The maximum Gasteiger partial charge on any atom is 0.271 e. The highest BCUT2D eigenvalue weighted by Crippen LogP contribution is 2.15.